The molecule has 0 aliphatic carbocycles. The summed E-state index contributed by atoms with van der Waals surface area (Å²) in [6.07, 6.45) is 0.591. The molecule has 0 radical (unpaired) electrons. The van der Waals surface area contributed by atoms with Gasteiger partial charge in [-0.1, -0.05) is 48.5 Å². The van der Waals surface area contributed by atoms with Crippen molar-refractivity contribution in [2.75, 3.05) is 64.3 Å². The minimum absolute atomic E-state index is 0.0187. The molecule has 3 atom stereocenters. The Morgan fingerprint density at radius 3 is 2.57 bits per heavy atom. The molecule has 4 aliphatic heterocycles. The van der Waals surface area contributed by atoms with Gasteiger partial charge in [0.25, 0.3) is 0 Å². The van der Waals surface area contributed by atoms with E-state index in [1.165, 1.54) is 22.0 Å². The van der Waals surface area contributed by atoms with Gasteiger partial charge in [-0.2, -0.15) is 0 Å². The number of pyridine rings is 1. The maximum absolute atomic E-state index is 15.2. The molecule has 0 spiro atoms. The number of likely N-dealkylation sites (N-methyl/N-ethyl adjacent to an activating group) is 1. The smallest absolute Gasteiger partial charge is 0.334 e. The van der Waals surface area contributed by atoms with E-state index < -0.39 is 24.1 Å². The SMILES string of the molecule is C=CCN1CC(=O)N2C(CN(Cc3cccc(N4CC(N5CCN(C)C(C)C5)C4)n3)C(=O)[C@@H]2Cc2ccc(O)cc2F)N1C(=O)NCc1ccccc1. The zero-order valence-electron chi connectivity index (χ0n) is 30.4. The minimum Gasteiger partial charge on any atom is -0.508 e. The highest BCUT2D eigenvalue weighted by molar-refractivity contribution is 5.91. The number of hydrogen-bond donors (Lipinski definition) is 2. The fourth-order valence-electron chi connectivity index (χ4n) is 7.82. The molecule has 5 heterocycles. The molecule has 13 nitrogen and oxygen atoms in total. The number of halogens is 1. The lowest BCUT2D eigenvalue weighted by Crippen LogP contribution is -2.76. The molecule has 1 aromatic heterocycles. The lowest BCUT2D eigenvalue weighted by Gasteiger charge is -2.55. The summed E-state index contributed by atoms with van der Waals surface area (Å²) in [5, 5.41) is 16.0. The number of phenols is 1. The number of rotatable bonds is 10. The Morgan fingerprint density at radius 2 is 1.83 bits per heavy atom. The predicted octanol–water partition coefficient (Wildman–Crippen LogP) is 2.49. The fraction of sp³-hybridized carbons (Fsp3) is 0.436. The van der Waals surface area contributed by atoms with Crippen LogP contribution in [0.3, 0.4) is 0 Å². The van der Waals surface area contributed by atoms with Gasteiger partial charge in [0.05, 0.1) is 25.3 Å². The number of anilines is 1. The van der Waals surface area contributed by atoms with E-state index in [2.05, 4.69) is 40.6 Å². The van der Waals surface area contributed by atoms with Gasteiger partial charge in [-0.15, -0.1) is 6.58 Å². The first-order valence-corrected chi connectivity index (χ1v) is 18.3. The Labute approximate surface area is 309 Å². The number of hydrazine groups is 1. The van der Waals surface area contributed by atoms with Crippen LogP contribution in [0.1, 0.15) is 23.7 Å². The first-order chi connectivity index (χ1) is 25.6. The van der Waals surface area contributed by atoms with Crippen LogP contribution in [0.2, 0.25) is 0 Å². The Balaban J connectivity index is 1.14. The molecule has 53 heavy (non-hydrogen) atoms. The minimum atomic E-state index is -1.11. The number of phenolic OH excluding ortho intramolecular Hbond substituents is 1. The number of aromatic hydroxyl groups is 1. The summed E-state index contributed by atoms with van der Waals surface area (Å²) in [6.45, 7) is 11.5. The Hall–Kier alpha value is -5.05. The molecule has 2 aromatic carbocycles. The van der Waals surface area contributed by atoms with Crippen LogP contribution in [0.15, 0.2) is 79.4 Å². The zero-order valence-corrected chi connectivity index (χ0v) is 30.4. The maximum atomic E-state index is 15.2. The third-order valence-electron chi connectivity index (χ3n) is 11.0. The van der Waals surface area contributed by atoms with E-state index in [0.717, 1.165) is 50.2 Å². The second-order valence-corrected chi connectivity index (χ2v) is 14.5. The fourth-order valence-corrected chi connectivity index (χ4v) is 7.82. The summed E-state index contributed by atoms with van der Waals surface area (Å²) >= 11 is 0. The van der Waals surface area contributed by atoms with Gasteiger partial charge in [-0.25, -0.2) is 24.2 Å². The Bertz CT molecular complexity index is 1830. The highest BCUT2D eigenvalue weighted by atomic mass is 19.1. The second-order valence-electron chi connectivity index (χ2n) is 14.5. The van der Waals surface area contributed by atoms with E-state index in [0.29, 0.717) is 17.8 Å². The normalized spacial score (nSPS) is 23.2. The van der Waals surface area contributed by atoms with Gasteiger partial charge in [0, 0.05) is 70.4 Å². The van der Waals surface area contributed by atoms with Gasteiger partial charge in [0.15, 0.2) is 0 Å². The molecule has 4 aliphatic rings. The largest absolute Gasteiger partial charge is 0.508 e. The van der Waals surface area contributed by atoms with E-state index in [4.69, 9.17) is 4.98 Å². The van der Waals surface area contributed by atoms with E-state index in [1.807, 2.05) is 48.5 Å². The number of urea groups is 1. The number of nitrogens with zero attached hydrogens (tertiary/aromatic N) is 8. The van der Waals surface area contributed by atoms with Crippen molar-refractivity contribution < 1.29 is 23.9 Å². The molecule has 2 unspecified atom stereocenters. The van der Waals surface area contributed by atoms with Gasteiger partial charge in [-0.05, 0) is 43.3 Å². The zero-order chi connectivity index (χ0) is 37.2. The van der Waals surface area contributed by atoms with Crippen molar-refractivity contribution in [2.24, 2.45) is 0 Å². The van der Waals surface area contributed by atoms with Crippen molar-refractivity contribution in [1.29, 1.82) is 0 Å². The average molecular weight is 726 g/mol. The summed E-state index contributed by atoms with van der Waals surface area (Å²) < 4.78 is 15.2. The molecule has 4 amide bonds. The van der Waals surface area contributed by atoms with E-state index in [9.17, 15) is 19.5 Å². The number of fused-ring (bicyclic) bond motifs is 1. The molecule has 0 saturated carbocycles. The van der Waals surface area contributed by atoms with Crippen molar-refractivity contribution in [3.8, 4) is 5.75 Å². The van der Waals surface area contributed by atoms with Crippen molar-refractivity contribution in [3.63, 3.8) is 0 Å². The van der Waals surface area contributed by atoms with Crippen LogP contribution >= 0.6 is 0 Å². The summed E-state index contributed by atoms with van der Waals surface area (Å²) in [4.78, 5) is 57.6. The van der Waals surface area contributed by atoms with Gasteiger partial charge in [0.1, 0.15) is 29.6 Å². The van der Waals surface area contributed by atoms with Gasteiger partial charge in [-0.3, -0.25) is 14.5 Å². The molecular weight excluding hydrogens is 677 g/mol. The Kier molecular flexibility index (Phi) is 10.6. The monoisotopic (exact) mass is 725 g/mol. The number of nitrogens with one attached hydrogen (secondary N) is 1. The third kappa shape index (κ3) is 7.71. The highest BCUT2D eigenvalue weighted by Gasteiger charge is 2.51. The quantitative estimate of drug-likeness (QED) is 0.304. The molecule has 4 fully saturated rings. The van der Waals surface area contributed by atoms with E-state index >= 15 is 4.39 Å². The summed E-state index contributed by atoms with van der Waals surface area (Å²) in [7, 11) is 2.17. The average Bonchev–Trinajstić information content (AvgIpc) is 3.11. The molecule has 14 heteroatoms. The summed E-state index contributed by atoms with van der Waals surface area (Å²) in [5.74, 6) is -0.821. The first-order valence-electron chi connectivity index (χ1n) is 18.3. The van der Waals surface area contributed by atoms with E-state index in [-0.39, 0.29) is 62.3 Å². The lowest BCUT2D eigenvalue weighted by atomic mass is 9.98. The number of hydrogen-bond acceptors (Lipinski definition) is 9. The number of benzene rings is 2. The topological polar surface area (TPSA) is 119 Å². The van der Waals surface area contributed by atoms with Crippen molar-refractivity contribution >= 4 is 23.7 Å². The van der Waals surface area contributed by atoms with Crippen LogP contribution in [0.4, 0.5) is 15.0 Å². The van der Waals surface area contributed by atoms with E-state index in [1.54, 1.807) is 16.0 Å². The van der Waals surface area contributed by atoms with Crippen LogP contribution in [-0.2, 0) is 29.1 Å². The molecular formula is C39H48FN9O4. The number of carbonyl (C=O) groups is 3. The predicted molar refractivity (Wildman–Crippen MR) is 198 cm³/mol. The Morgan fingerprint density at radius 1 is 1.04 bits per heavy atom. The van der Waals surface area contributed by atoms with Gasteiger partial charge >= 0.3 is 6.03 Å². The van der Waals surface area contributed by atoms with Crippen molar-refractivity contribution in [1.82, 2.24) is 39.9 Å². The van der Waals surface area contributed by atoms with Crippen LogP contribution in [-0.4, -0.2) is 141 Å². The molecule has 280 valence electrons. The number of piperazine rings is 2. The first kappa shape index (κ1) is 36.3. The lowest BCUT2D eigenvalue weighted by molar-refractivity contribution is -0.189. The van der Waals surface area contributed by atoms with Crippen LogP contribution in [0.25, 0.3) is 0 Å². The molecule has 0 bridgehead atoms. The molecule has 2 N–H and O–H groups in total. The number of amides is 4. The third-order valence-corrected chi connectivity index (χ3v) is 11.0. The molecule has 3 aromatic rings. The molecule has 7 rings (SSSR count). The number of carbonyl (C=O) groups excluding carboxylic acids is 3. The highest BCUT2D eigenvalue weighted by Crippen LogP contribution is 2.31. The van der Waals surface area contributed by atoms with Gasteiger partial charge in [0.2, 0.25) is 11.8 Å². The van der Waals surface area contributed by atoms with Crippen LogP contribution in [0, 0.1) is 5.82 Å². The maximum Gasteiger partial charge on any atom is 0.334 e. The summed E-state index contributed by atoms with van der Waals surface area (Å²) in [5.41, 5.74) is 1.74. The number of aromatic nitrogens is 1. The second kappa shape index (κ2) is 15.5. The van der Waals surface area contributed by atoms with Crippen LogP contribution < -0.4 is 10.2 Å². The van der Waals surface area contributed by atoms with Crippen molar-refractivity contribution in [2.45, 2.75) is 50.7 Å². The molecule has 4 saturated heterocycles. The summed E-state index contributed by atoms with van der Waals surface area (Å²) in [6, 6.07) is 18.5. The van der Waals surface area contributed by atoms with Gasteiger partial charge < -0.3 is 30.0 Å². The standard InChI is InChI=1S/C39H48FN9O4/c1-4-15-47-26-37(51)48-34(18-29-13-14-32(50)19-33(29)40)38(52)46(25-36(48)49(47)39(53)41-20-28-9-6-5-7-10-28)22-30-11-8-12-35(42-30)45-23-31(24-45)44-17-16-43(3)27(2)21-44/h4-14,19,27,31,34,36,50H,1,15-18,20-26H2,2-3H3,(H,41,53)/t27?,34-,36?/m0/s1. The van der Waals surface area contributed by atoms with Crippen LogP contribution in [0.5, 0.6) is 5.75 Å². The van der Waals surface area contributed by atoms with Crippen molar-refractivity contribution in [3.05, 3.63) is 102 Å².